The van der Waals surface area contributed by atoms with Crippen LogP contribution in [0.25, 0.3) is 5.65 Å². The Morgan fingerprint density at radius 3 is 3.04 bits per heavy atom. The third-order valence-corrected chi connectivity index (χ3v) is 3.47. The summed E-state index contributed by atoms with van der Waals surface area (Å²) in [5, 5.41) is 15.6. The minimum atomic E-state index is -0.497. The number of hydrogen-bond acceptors (Lipinski definition) is 8. The highest BCUT2D eigenvalue weighted by molar-refractivity contribution is 6.11. The van der Waals surface area contributed by atoms with Crippen LogP contribution in [0, 0.1) is 11.3 Å². The number of nitrogens with one attached hydrogen (secondary N) is 1. The normalized spacial score (nSPS) is 10.5. The quantitative estimate of drug-likeness (QED) is 0.574. The van der Waals surface area contributed by atoms with Crippen molar-refractivity contribution >= 4 is 23.1 Å². The Labute approximate surface area is 148 Å². The summed E-state index contributed by atoms with van der Waals surface area (Å²) >= 11 is 0. The molecular weight excluding hydrogens is 336 g/mol. The van der Waals surface area contributed by atoms with Gasteiger partial charge in [0, 0.05) is 36.8 Å². The first-order chi connectivity index (χ1) is 12.6. The van der Waals surface area contributed by atoms with Gasteiger partial charge in [-0.3, -0.25) is 9.78 Å². The van der Waals surface area contributed by atoms with E-state index in [9.17, 15) is 4.79 Å². The van der Waals surface area contributed by atoms with E-state index in [-0.39, 0.29) is 23.4 Å². The molecule has 0 radical (unpaired) electrons. The summed E-state index contributed by atoms with van der Waals surface area (Å²) in [6.45, 7) is 0.640. The fourth-order valence-corrected chi connectivity index (χ4v) is 2.35. The molecule has 26 heavy (non-hydrogen) atoms. The average molecular weight is 352 g/mol. The SMILES string of the molecule is N#CCc1cnc2c(C(=O)Nc3cnccc3OCCN)c(N)nn2c1. The fraction of sp³-hybridized carbons (Fsp3) is 0.188. The molecule has 0 unspecified atom stereocenters. The Balaban J connectivity index is 1.91. The second-order valence-electron chi connectivity index (χ2n) is 5.29. The molecule has 3 heterocycles. The van der Waals surface area contributed by atoms with E-state index in [2.05, 4.69) is 20.4 Å². The van der Waals surface area contributed by atoms with E-state index < -0.39 is 5.91 Å². The van der Waals surface area contributed by atoms with Crippen molar-refractivity contribution < 1.29 is 9.53 Å². The van der Waals surface area contributed by atoms with Crippen LogP contribution in [0.1, 0.15) is 15.9 Å². The van der Waals surface area contributed by atoms with Gasteiger partial charge in [0.1, 0.15) is 23.6 Å². The van der Waals surface area contributed by atoms with Gasteiger partial charge in [-0.15, -0.1) is 5.10 Å². The van der Waals surface area contributed by atoms with E-state index in [4.69, 9.17) is 21.5 Å². The van der Waals surface area contributed by atoms with Crippen molar-refractivity contribution in [3.05, 3.63) is 42.0 Å². The van der Waals surface area contributed by atoms with Crippen LogP contribution in [0.5, 0.6) is 5.75 Å². The van der Waals surface area contributed by atoms with Gasteiger partial charge in [0.05, 0.1) is 18.7 Å². The molecule has 3 rings (SSSR count). The number of carbonyl (C=O) groups is 1. The zero-order valence-corrected chi connectivity index (χ0v) is 13.7. The molecule has 3 aromatic rings. The molecule has 10 heteroatoms. The highest BCUT2D eigenvalue weighted by atomic mass is 16.5. The Morgan fingerprint density at radius 1 is 1.42 bits per heavy atom. The number of amides is 1. The zero-order chi connectivity index (χ0) is 18.5. The van der Waals surface area contributed by atoms with Crippen molar-refractivity contribution in [3.63, 3.8) is 0 Å². The third-order valence-electron chi connectivity index (χ3n) is 3.47. The molecule has 0 bridgehead atoms. The summed E-state index contributed by atoms with van der Waals surface area (Å²) in [5.74, 6) is -0.0285. The smallest absolute Gasteiger partial charge is 0.263 e. The van der Waals surface area contributed by atoms with Gasteiger partial charge in [-0.2, -0.15) is 5.26 Å². The van der Waals surface area contributed by atoms with Gasteiger partial charge < -0.3 is 21.5 Å². The van der Waals surface area contributed by atoms with Crippen LogP contribution in [-0.4, -0.2) is 38.6 Å². The molecule has 0 aliphatic rings. The molecule has 0 spiro atoms. The average Bonchev–Trinajstić information content (AvgIpc) is 2.96. The number of pyridine rings is 1. The number of aromatic nitrogens is 4. The summed E-state index contributed by atoms with van der Waals surface area (Å²) < 4.78 is 6.87. The first kappa shape index (κ1) is 17.1. The zero-order valence-electron chi connectivity index (χ0n) is 13.7. The molecule has 0 saturated heterocycles. The summed E-state index contributed by atoms with van der Waals surface area (Å²) in [6.07, 6.45) is 6.31. The van der Waals surface area contributed by atoms with Gasteiger partial charge >= 0.3 is 0 Å². The van der Waals surface area contributed by atoms with E-state index in [1.807, 2.05) is 6.07 Å². The predicted molar refractivity (Wildman–Crippen MR) is 93.5 cm³/mol. The number of rotatable bonds is 6. The lowest BCUT2D eigenvalue weighted by Gasteiger charge is -2.11. The van der Waals surface area contributed by atoms with Crippen LogP contribution in [0.3, 0.4) is 0 Å². The predicted octanol–water partition coefficient (Wildman–Crippen LogP) is 0.362. The van der Waals surface area contributed by atoms with Crippen LogP contribution in [0.15, 0.2) is 30.9 Å². The Hall–Kier alpha value is -3.71. The minimum Gasteiger partial charge on any atom is -0.490 e. The molecule has 3 aromatic heterocycles. The maximum absolute atomic E-state index is 12.7. The molecule has 0 aliphatic carbocycles. The van der Waals surface area contributed by atoms with E-state index >= 15 is 0 Å². The van der Waals surface area contributed by atoms with Crippen molar-refractivity contribution in [2.45, 2.75) is 6.42 Å². The van der Waals surface area contributed by atoms with E-state index in [1.165, 1.54) is 16.9 Å². The van der Waals surface area contributed by atoms with Crippen molar-refractivity contribution in [2.75, 3.05) is 24.2 Å². The number of ether oxygens (including phenoxy) is 1. The highest BCUT2D eigenvalue weighted by Gasteiger charge is 2.21. The summed E-state index contributed by atoms with van der Waals surface area (Å²) in [5.41, 5.74) is 12.8. The van der Waals surface area contributed by atoms with Crippen molar-refractivity contribution in [1.29, 1.82) is 5.26 Å². The standard InChI is InChI=1S/C16H16N8O2/c17-3-1-10-7-21-15-13(14(19)23-24(15)9-10)16(25)22-11-8-20-5-2-12(11)26-6-4-18/h2,5,7-9H,1,4,6,18H2,(H2,19,23)(H,22,25). The maximum Gasteiger partial charge on any atom is 0.263 e. The monoisotopic (exact) mass is 352 g/mol. The summed E-state index contributed by atoms with van der Waals surface area (Å²) in [7, 11) is 0. The minimum absolute atomic E-state index is 0.0254. The van der Waals surface area contributed by atoms with Gasteiger partial charge in [0.15, 0.2) is 11.5 Å². The number of fused-ring (bicyclic) bond motifs is 1. The van der Waals surface area contributed by atoms with E-state index in [0.29, 0.717) is 30.2 Å². The van der Waals surface area contributed by atoms with E-state index in [0.717, 1.165) is 0 Å². The van der Waals surface area contributed by atoms with Crippen LogP contribution in [0.2, 0.25) is 0 Å². The van der Waals surface area contributed by atoms with Crippen molar-refractivity contribution in [1.82, 2.24) is 19.6 Å². The van der Waals surface area contributed by atoms with Gasteiger partial charge in [0.25, 0.3) is 5.91 Å². The Kier molecular flexibility index (Phi) is 4.91. The molecule has 0 aromatic carbocycles. The van der Waals surface area contributed by atoms with Gasteiger partial charge in [0.2, 0.25) is 0 Å². The van der Waals surface area contributed by atoms with Crippen LogP contribution in [-0.2, 0) is 6.42 Å². The lowest BCUT2D eigenvalue weighted by molar-refractivity contribution is 0.102. The number of anilines is 2. The summed E-state index contributed by atoms with van der Waals surface area (Å²) in [4.78, 5) is 20.9. The number of nitriles is 1. The Bertz CT molecular complexity index is 992. The second kappa shape index (κ2) is 7.45. The van der Waals surface area contributed by atoms with Gasteiger partial charge in [-0.1, -0.05) is 0 Å². The first-order valence-electron chi connectivity index (χ1n) is 7.72. The number of nitrogen functional groups attached to an aromatic ring is 1. The first-order valence-corrected chi connectivity index (χ1v) is 7.72. The molecule has 0 atom stereocenters. The van der Waals surface area contributed by atoms with Gasteiger partial charge in [-0.05, 0) is 0 Å². The van der Waals surface area contributed by atoms with E-state index in [1.54, 1.807) is 18.5 Å². The van der Waals surface area contributed by atoms with Crippen LogP contribution in [0.4, 0.5) is 11.5 Å². The largest absolute Gasteiger partial charge is 0.490 e. The highest BCUT2D eigenvalue weighted by Crippen LogP contribution is 2.25. The molecule has 0 fully saturated rings. The molecule has 132 valence electrons. The number of hydrogen-bond donors (Lipinski definition) is 3. The molecule has 1 amide bonds. The third kappa shape index (κ3) is 3.38. The molecule has 0 aliphatic heterocycles. The topological polar surface area (TPSA) is 157 Å². The second-order valence-corrected chi connectivity index (χ2v) is 5.29. The Morgan fingerprint density at radius 2 is 2.27 bits per heavy atom. The van der Waals surface area contributed by atoms with Gasteiger partial charge in [-0.25, -0.2) is 9.50 Å². The number of nitrogens with two attached hydrogens (primary N) is 2. The molecular formula is C16H16N8O2. The molecule has 10 nitrogen and oxygen atoms in total. The molecule has 0 saturated carbocycles. The number of carbonyl (C=O) groups excluding carboxylic acids is 1. The fourth-order valence-electron chi connectivity index (χ4n) is 2.35. The maximum atomic E-state index is 12.7. The summed E-state index contributed by atoms with van der Waals surface area (Å²) in [6, 6.07) is 3.65. The van der Waals surface area contributed by atoms with Crippen LogP contribution >= 0.6 is 0 Å². The van der Waals surface area contributed by atoms with Crippen molar-refractivity contribution in [3.8, 4) is 11.8 Å². The van der Waals surface area contributed by atoms with Crippen LogP contribution < -0.4 is 21.5 Å². The molecule has 5 N–H and O–H groups in total. The van der Waals surface area contributed by atoms with Crippen molar-refractivity contribution in [2.24, 2.45) is 5.73 Å². The lowest BCUT2D eigenvalue weighted by Crippen LogP contribution is -2.16. The lowest BCUT2D eigenvalue weighted by atomic mass is 10.2. The number of nitrogens with zero attached hydrogens (tertiary/aromatic N) is 5.